The average Bonchev–Trinajstić information content (AvgIpc) is 2.38. The van der Waals surface area contributed by atoms with Gasteiger partial charge in [0.25, 0.3) is 0 Å². The van der Waals surface area contributed by atoms with Gasteiger partial charge in [-0.05, 0) is 67.6 Å². The lowest BCUT2D eigenvalue weighted by molar-refractivity contribution is 0.0992. The Bertz CT molecular complexity index is 671. The van der Waals surface area contributed by atoms with Gasteiger partial charge in [-0.25, -0.2) is 0 Å². The fourth-order valence-electron chi connectivity index (χ4n) is 2.28. The highest BCUT2D eigenvalue weighted by Gasteiger charge is 2.12. The third-order valence-electron chi connectivity index (χ3n) is 3.74. The third kappa shape index (κ3) is 3.18. The van der Waals surface area contributed by atoms with Crippen LogP contribution in [0.25, 0.3) is 0 Å². The third-order valence-corrected chi connectivity index (χ3v) is 4.60. The van der Waals surface area contributed by atoms with Gasteiger partial charge in [-0.3, -0.25) is 4.79 Å². The minimum absolute atomic E-state index is 0.182. The number of aryl methyl sites for hydroxylation is 4. The summed E-state index contributed by atoms with van der Waals surface area (Å²) in [7, 11) is 0. The van der Waals surface area contributed by atoms with E-state index >= 15 is 0 Å². The van der Waals surface area contributed by atoms with Crippen LogP contribution in [0.1, 0.15) is 38.2 Å². The minimum Gasteiger partial charge on any atom is -0.294 e. The van der Waals surface area contributed by atoms with Crippen molar-refractivity contribution in [3.8, 4) is 0 Å². The molecule has 2 aromatic carbocycles. The van der Waals surface area contributed by atoms with Gasteiger partial charge in [-0.1, -0.05) is 34.1 Å². The van der Waals surface area contributed by atoms with Crippen molar-refractivity contribution < 1.29 is 4.79 Å². The van der Waals surface area contributed by atoms with Gasteiger partial charge in [0.15, 0.2) is 5.78 Å². The van der Waals surface area contributed by atoms with Crippen LogP contribution in [-0.2, 0) is 6.42 Å². The summed E-state index contributed by atoms with van der Waals surface area (Å²) in [6.07, 6.45) is 0.461. The number of carbonyl (C=O) groups excluding carboxylic acids is 1. The molecule has 0 aliphatic carbocycles. The maximum atomic E-state index is 12.5. The van der Waals surface area contributed by atoms with Crippen molar-refractivity contribution in [2.45, 2.75) is 34.1 Å². The Hall–Kier alpha value is -1.41. The first-order chi connectivity index (χ1) is 9.38. The van der Waals surface area contributed by atoms with Crippen LogP contribution in [0.15, 0.2) is 34.8 Å². The van der Waals surface area contributed by atoms with E-state index in [-0.39, 0.29) is 5.78 Å². The molecule has 104 valence electrons. The Morgan fingerprint density at radius 1 is 0.900 bits per heavy atom. The molecule has 0 atom stereocenters. The second-order valence-electron chi connectivity index (χ2n) is 5.43. The largest absolute Gasteiger partial charge is 0.294 e. The van der Waals surface area contributed by atoms with Gasteiger partial charge >= 0.3 is 0 Å². The van der Waals surface area contributed by atoms with Crippen molar-refractivity contribution in [3.05, 3.63) is 68.2 Å². The zero-order valence-corrected chi connectivity index (χ0v) is 14.0. The van der Waals surface area contributed by atoms with Crippen molar-refractivity contribution in [2.24, 2.45) is 0 Å². The highest BCUT2D eigenvalue weighted by atomic mass is 79.9. The quantitative estimate of drug-likeness (QED) is 0.715. The Morgan fingerprint density at radius 2 is 1.60 bits per heavy atom. The molecule has 0 fully saturated rings. The molecule has 2 rings (SSSR count). The molecule has 0 aromatic heterocycles. The zero-order chi connectivity index (χ0) is 14.9. The van der Waals surface area contributed by atoms with Gasteiger partial charge in [-0.2, -0.15) is 0 Å². The van der Waals surface area contributed by atoms with Crippen LogP contribution in [0, 0.1) is 27.7 Å². The molecule has 0 aliphatic rings. The van der Waals surface area contributed by atoms with Crippen molar-refractivity contribution in [2.75, 3.05) is 0 Å². The van der Waals surface area contributed by atoms with Gasteiger partial charge < -0.3 is 0 Å². The Balaban J connectivity index is 2.28. The molecule has 0 N–H and O–H groups in total. The van der Waals surface area contributed by atoms with E-state index in [1.807, 2.05) is 32.0 Å². The molecule has 0 unspecified atom stereocenters. The average molecular weight is 331 g/mol. The highest BCUT2D eigenvalue weighted by molar-refractivity contribution is 9.10. The van der Waals surface area contributed by atoms with Crippen LogP contribution < -0.4 is 0 Å². The second kappa shape index (κ2) is 5.92. The molecular formula is C18H19BrO. The molecule has 0 aliphatic heterocycles. The Morgan fingerprint density at radius 3 is 2.25 bits per heavy atom. The van der Waals surface area contributed by atoms with Crippen LogP contribution in [0.2, 0.25) is 0 Å². The van der Waals surface area contributed by atoms with Crippen molar-refractivity contribution in [3.63, 3.8) is 0 Å². The lowest BCUT2D eigenvalue weighted by Gasteiger charge is -2.09. The first kappa shape index (κ1) is 15.0. The fraction of sp³-hybridized carbons (Fsp3) is 0.278. The smallest absolute Gasteiger partial charge is 0.167 e. The maximum Gasteiger partial charge on any atom is 0.167 e. The summed E-state index contributed by atoms with van der Waals surface area (Å²) in [5.74, 6) is 0.182. The topological polar surface area (TPSA) is 17.1 Å². The molecule has 0 bridgehead atoms. The summed E-state index contributed by atoms with van der Waals surface area (Å²) < 4.78 is 1.05. The molecule has 2 aromatic rings. The molecule has 0 spiro atoms. The second-order valence-corrected chi connectivity index (χ2v) is 6.29. The summed E-state index contributed by atoms with van der Waals surface area (Å²) >= 11 is 3.50. The molecular weight excluding hydrogens is 312 g/mol. The molecule has 1 nitrogen and oxygen atoms in total. The number of halogens is 1. The summed E-state index contributed by atoms with van der Waals surface area (Å²) in [6.45, 7) is 8.16. The first-order valence-corrected chi connectivity index (χ1v) is 7.54. The van der Waals surface area contributed by atoms with E-state index in [2.05, 4.69) is 41.9 Å². The van der Waals surface area contributed by atoms with Gasteiger partial charge in [0.05, 0.1) is 0 Å². The van der Waals surface area contributed by atoms with E-state index in [4.69, 9.17) is 0 Å². The Kier molecular flexibility index (Phi) is 4.44. The molecule has 0 saturated heterocycles. The van der Waals surface area contributed by atoms with Crippen LogP contribution in [0.3, 0.4) is 0 Å². The lowest BCUT2D eigenvalue weighted by atomic mass is 9.96. The molecule has 20 heavy (non-hydrogen) atoms. The van der Waals surface area contributed by atoms with E-state index in [0.29, 0.717) is 6.42 Å². The van der Waals surface area contributed by atoms with E-state index in [9.17, 15) is 4.79 Å². The van der Waals surface area contributed by atoms with Crippen LogP contribution >= 0.6 is 15.9 Å². The predicted molar refractivity (Wildman–Crippen MR) is 87.6 cm³/mol. The van der Waals surface area contributed by atoms with E-state index in [0.717, 1.165) is 26.7 Å². The zero-order valence-electron chi connectivity index (χ0n) is 12.4. The maximum absolute atomic E-state index is 12.5. The van der Waals surface area contributed by atoms with Crippen LogP contribution in [-0.4, -0.2) is 5.78 Å². The number of carbonyl (C=O) groups is 1. The number of rotatable bonds is 3. The normalized spacial score (nSPS) is 10.7. The van der Waals surface area contributed by atoms with Crippen molar-refractivity contribution in [1.82, 2.24) is 0 Å². The highest BCUT2D eigenvalue weighted by Crippen LogP contribution is 2.22. The van der Waals surface area contributed by atoms with Crippen LogP contribution in [0.4, 0.5) is 0 Å². The minimum atomic E-state index is 0.182. The molecule has 2 heteroatoms. The summed E-state index contributed by atoms with van der Waals surface area (Å²) in [4.78, 5) is 12.5. The lowest BCUT2D eigenvalue weighted by Crippen LogP contribution is -2.06. The summed E-state index contributed by atoms with van der Waals surface area (Å²) in [5, 5.41) is 0. The van der Waals surface area contributed by atoms with Gasteiger partial charge in [0.2, 0.25) is 0 Å². The number of hydrogen-bond acceptors (Lipinski definition) is 1. The monoisotopic (exact) mass is 330 g/mol. The van der Waals surface area contributed by atoms with Crippen molar-refractivity contribution >= 4 is 21.7 Å². The van der Waals surface area contributed by atoms with Gasteiger partial charge in [0, 0.05) is 16.5 Å². The Labute approximate surface area is 129 Å². The van der Waals surface area contributed by atoms with E-state index in [1.54, 1.807) is 0 Å². The number of benzene rings is 2. The number of ketones is 1. The summed E-state index contributed by atoms with van der Waals surface area (Å²) in [5.41, 5.74) is 6.52. The van der Waals surface area contributed by atoms with Gasteiger partial charge in [-0.15, -0.1) is 0 Å². The number of hydrogen-bond donors (Lipinski definition) is 0. The molecule has 0 heterocycles. The fourth-order valence-corrected chi connectivity index (χ4v) is 2.73. The molecule has 0 radical (unpaired) electrons. The van der Waals surface area contributed by atoms with Crippen molar-refractivity contribution in [1.29, 1.82) is 0 Å². The van der Waals surface area contributed by atoms with Gasteiger partial charge in [0.1, 0.15) is 0 Å². The predicted octanol–water partition coefficient (Wildman–Crippen LogP) is 5.11. The number of Topliss-reactive ketones (excluding diaryl/α,β-unsaturated/α-hetero) is 1. The van der Waals surface area contributed by atoms with Crippen LogP contribution in [0.5, 0.6) is 0 Å². The van der Waals surface area contributed by atoms with E-state index < -0.39 is 0 Å². The molecule has 0 amide bonds. The first-order valence-electron chi connectivity index (χ1n) is 6.74. The summed E-state index contributed by atoms with van der Waals surface area (Å²) in [6, 6.07) is 10.2. The van der Waals surface area contributed by atoms with E-state index in [1.165, 1.54) is 11.1 Å². The SMILES string of the molecule is Cc1ccc(CC(=O)c2cc(C)c(Br)cc2C)cc1C. The standard InChI is InChI=1S/C18H19BrO/c1-11-5-6-15(7-12(11)2)10-18(20)16-8-14(4)17(19)9-13(16)3/h5-9H,10H2,1-4H3. The molecule has 0 saturated carbocycles.